The fourth-order valence-corrected chi connectivity index (χ4v) is 2.63. The van der Waals surface area contributed by atoms with Gasteiger partial charge in [0.15, 0.2) is 12.4 Å². The lowest BCUT2D eigenvalue weighted by Gasteiger charge is -2.19. The second-order valence-corrected chi connectivity index (χ2v) is 6.32. The third-order valence-electron chi connectivity index (χ3n) is 4.00. The summed E-state index contributed by atoms with van der Waals surface area (Å²) in [6, 6.07) is 9.24. The van der Waals surface area contributed by atoms with Gasteiger partial charge in [-0.2, -0.15) is 15.0 Å². The van der Waals surface area contributed by atoms with Crippen LogP contribution in [0.1, 0.15) is 18.7 Å². The Morgan fingerprint density at radius 1 is 1.15 bits per heavy atom. The minimum absolute atomic E-state index is 0.0470. The molecular weight excluding hydrogens is 332 g/mol. The van der Waals surface area contributed by atoms with Crippen molar-refractivity contribution in [1.82, 2.24) is 20.3 Å². The minimum atomic E-state index is -0.219. The maximum Gasteiger partial charge on any atom is 0.258 e. The van der Waals surface area contributed by atoms with E-state index in [0.717, 1.165) is 25.9 Å². The van der Waals surface area contributed by atoms with Crippen molar-refractivity contribution in [2.75, 3.05) is 43.6 Å². The number of ether oxygens (including phenoxy) is 1. The van der Waals surface area contributed by atoms with Gasteiger partial charge in [0.25, 0.3) is 5.91 Å². The molecule has 3 rings (SSSR count). The highest BCUT2D eigenvalue weighted by Crippen LogP contribution is 2.18. The summed E-state index contributed by atoms with van der Waals surface area (Å²) in [6.45, 7) is 2.09. The molecule has 1 aromatic carbocycles. The molecule has 1 fully saturated rings. The van der Waals surface area contributed by atoms with Crippen molar-refractivity contribution >= 4 is 17.8 Å². The SMILES string of the molecule is CN(C)c1nc(CNC(=O)COc2ccccc2)nc(N2CCCC2)n1. The highest BCUT2D eigenvalue weighted by molar-refractivity contribution is 5.77. The maximum atomic E-state index is 12.0. The van der Waals surface area contributed by atoms with Crippen molar-refractivity contribution < 1.29 is 9.53 Å². The van der Waals surface area contributed by atoms with E-state index in [1.807, 2.05) is 49.3 Å². The van der Waals surface area contributed by atoms with Gasteiger partial charge in [-0.1, -0.05) is 18.2 Å². The van der Waals surface area contributed by atoms with Crippen LogP contribution in [-0.4, -0.2) is 54.7 Å². The number of anilines is 2. The molecule has 0 atom stereocenters. The third kappa shape index (κ3) is 4.81. The minimum Gasteiger partial charge on any atom is -0.484 e. The first-order chi connectivity index (χ1) is 12.6. The number of para-hydroxylation sites is 1. The topological polar surface area (TPSA) is 83.5 Å². The van der Waals surface area contributed by atoms with Crippen LogP contribution in [0.15, 0.2) is 30.3 Å². The Balaban J connectivity index is 1.60. The number of carbonyl (C=O) groups excluding carboxylic acids is 1. The summed E-state index contributed by atoms with van der Waals surface area (Å²) >= 11 is 0. The van der Waals surface area contributed by atoms with Crippen molar-refractivity contribution in [3.63, 3.8) is 0 Å². The number of rotatable bonds is 7. The zero-order valence-corrected chi connectivity index (χ0v) is 15.2. The molecule has 26 heavy (non-hydrogen) atoms. The van der Waals surface area contributed by atoms with Crippen molar-refractivity contribution in [2.24, 2.45) is 0 Å². The number of hydrogen-bond donors (Lipinski definition) is 1. The number of aromatic nitrogens is 3. The van der Waals surface area contributed by atoms with Gasteiger partial charge in [0.05, 0.1) is 6.54 Å². The molecule has 0 unspecified atom stereocenters. The molecule has 1 N–H and O–H groups in total. The van der Waals surface area contributed by atoms with Gasteiger partial charge in [0.1, 0.15) is 5.75 Å². The van der Waals surface area contributed by atoms with E-state index >= 15 is 0 Å². The monoisotopic (exact) mass is 356 g/mol. The average Bonchev–Trinajstić information content (AvgIpc) is 3.20. The zero-order chi connectivity index (χ0) is 18.4. The molecule has 138 valence electrons. The number of nitrogens with one attached hydrogen (secondary N) is 1. The van der Waals surface area contributed by atoms with Gasteiger partial charge in [0.2, 0.25) is 11.9 Å². The molecule has 0 radical (unpaired) electrons. The standard InChI is InChI=1S/C18H24N6O2/c1-23(2)17-20-15(21-18(22-17)24-10-6-7-11-24)12-19-16(25)13-26-14-8-4-3-5-9-14/h3-5,8-9H,6-7,10-13H2,1-2H3,(H,19,25). The van der Waals surface area contributed by atoms with E-state index < -0.39 is 0 Å². The number of amides is 1. The molecule has 8 nitrogen and oxygen atoms in total. The quantitative estimate of drug-likeness (QED) is 0.799. The second-order valence-electron chi connectivity index (χ2n) is 6.32. The maximum absolute atomic E-state index is 12.0. The summed E-state index contributed by atoms with van der Waals surface area (Å²) in [5.41, 5.74) is 0. The number of benzene rings is 1. The van der Waals surface area contributed by atoms with E-state index in [1.165, 1.54) is 0 Å². The number of nitrogens with zero attached hydrogens (tertiary/aromatic N) is 5. The summed E-state index contributed by atoms with van der Waals surface area (Å²) in [5.74, 6) is 2.24. The fraction of sp³-hybridized carbons (Fsp3) is 0.444. The Morgan fingerprint density at radius 2 is 1.88 bits per heavy atom. The largest absolute Gasteiger partial charge is 0.484 e. The molecule has 0 saturated carbocycles. The van der Waals surface area contributed by atoms with Gasteiger partial charge in [-0.15, -0.1) is 0 Å². The number of hydrogen-bond acceptors (Lipinski definition) is 7. The third-order valence-corrected chi connectivity index (χ3v) is 4.00. The van der Waals surface area contributed by atoms with Crippen LogP contribution in [0.3, 0.4) is 0 Å². The van der Waals surface area contributed by atoms with E-state index in [9.17, 15) is 4.79 Å². The lowest BCUT2D eigenvalue weighted by Crippen LogP contribution is -2.30. The lowest BCUT2D eigenvalue weighted by atomic mass is 10.3. The highest BCUT2D eigenvalue weighted by atomic mass is 16.5. The smallest absolute Gasteiger partial charge is 0.258 e. The molecule has 8 heteroatoms. The van der Waals surface area contributed by atoms with E-state index in [4.69, 9.17) is 4.74 Å². The van der Waals surface area contributed by atoms with Crippen molar-refractivity contribution in [3.05, 3.63) is 36.2 Å². The molecule has 1 aliphatic rings. The van der Waals surface area contributed by atoms with Crippen LogP contribution in [0.4, 0.5) is 11.9 Å². The van der Waals surface area contributed by atoms with Crippen LogP contribution >= 0.6 is 0 Å². The van der Waals surface area contributed by atoms with Crippen LogP contribution in [0.5, 0.6) is 5.75 Å². The summed E-state index contributed by atoms with van der Waals surface area (Å²) in [6.07, 6.45) is 2.29. The predicted octanol–water partition coefficient (Wildman–Crippen LogP) is 1.23. The molecule has 1 saturated heterocycles. The molecule has 1 aromatic heterocycles. The number of carbonyl (C=O) groups is 1. The Kier molecular flexibility index (Phi) is 5.83. The predicted molar refractivity (Wildman–Crippen MR) is 99.4 cm³/mol. The van der Waals surface area contributed by atoms with Gasteiger partial charge in [0, 0.05) is 27.2 Å². The van der Waals surface area contributed by atoms with Crippen LogP contribution in [0, 0.1) is 0 Å². The molecular formula is C18H24N6O2. The zero-order valence-electron chi connectivity index (χ0n) is 15.2. The molecule has 0 spiro atoms. The van der Waals surface area contributed by atoms with Crippen molar-refractivity contribution in [3.8, 4) is 5.75 Å². The Hall–Kier alpha value is -2.90. The Labute approximate surface area is 153 Å². The second kappa shape index (κ2) is 8.46. The van der Waals surface area contributed by atoms with Crippen molar-refractivity contribution in [1.29, 1.82) is 0 Å². The van der Waals surface area contributed by atoms with Crippen LogP contribution < -0.4 is 19.9 Å². The van der Waals surface area contributed by atoms with E-state index in [0.29, 0.717) is 23.5 Å². The summed E-state index contributed by atoms with van der Waals surface area (Å²) in [4.78, 5) is 29.4. The first-order valence-electron chi connectivity index (χ1n) is 8.73. The summed E-state index contributed by atoms with van der Waals surface area (Å²) in [7, 11) is 3.78. The lowest BCUT2D eigenvalue weighted by molar-refractivity contribution is -0.123. The van der Waals surface area contributed by atoms with E-state index in [1.54, 1.807) is 0 Å². The van der Waals surface area contributed by atoms with E-state index in [-0.39, 0.29) is 19.1 Å². The summed E-state index contributed by atoms with van der Waals surface area (Å²) < 4.78 is 5.44. The Morgan fingerprint density at radius 3 is 2.58 bits per heavy atom. The molecule has 2 aromatic rings. The first kappa shape index (κ1) is 17.9. The van der Waals surface area contributed by atoms with Gasteiger partial charge in [-0.25, -0.2) is 0 Å². The molecule has 2 heterocycles. The van der Waals surface area contributed by atoms with Gasteiger partial charge in [-0.05, 0) is 25.0 Å². The average molecular weight is 356 g/mol. The van der Waals surface area contributed by atoms with Gasteiger partial charge >= 0.3 is 0 Å². The fourth-order valence-electron chi connectivity index (χ4n) is 2.63. The van der Waals surface area contributed by atoms with Crippen LogP contribution in [-0.2, 0) is 11.3 Å². The first-order valence-corrected chi connectivity index (χ1v) is 8.73. The van der Waals surface area contributed by atoms with Crippen LogP contribution in [0.25, 0.3) is 0 Å². The summed E-state index contributed by atoms with van der Waals surface area (Å²) in [5, 5.41) is 2.80. The van der Waals surface area contributed by atoms with Crippen LogP contribution in [0.2, 0.25) is 0 Å². The van der Waals surface area contributed by atoms with Gasteiger partial charge < -0.3 is 19.9 Å². The molecule has 1 amide bonds. The Bertz CT molecular complexity index is 732. The normalized spacial score (nSPS) is 13.5. The van der Waals surface area contributed by atoms with Crippen molar-refractivity contribution in [2.45, 2.75) is 19.4 Å². The highest BCUT2D eigenvalue weighted by Gasteiger charge is 2.18. The van der Waals surface area contributed by atoms with Gasteiger partial charge in [-0.3, -0.25) is 4.79 Å². The van der Waals surface area contributed by atoms with E-state index in [2.05, 4.69) is 25.2 Å². The molecule has 1 aliphatic heterocycles. The molecule has 0 bridgehead atoms. The molecule has 0 aliphatic carbocycles.